The minimum Gasteiger partial charge on any atom is -0.388 e. The summed E-state index contributed by atoms with van der Waals surface area (Å²) < 4.78 is 2.02. The lowest BCUT2D eigenvalue weighted by Crippen LogP contribution is -2.13. The number of nitrogens with two attached hydrogens (primary N) is 1. The van der Waals surface area contributed by atoms with E-state index < -0.39 is 0 Å². The molecule has 0 aliphatic carbocycles. The maximum absolute atomic E-state index is 11.9. The Hall–Kier alpha value is -2.53. The van der Waals surface area contributed by atoms with Crippen molar-refractivity contribution >= 4 is 28.1 Å². The highest BCUT2D eigenvalue weighted by Gasteiger charge is 2.04. The first-order valence-electron chi connectivity index (χ1n) is 6.48. The van der Waals surface area contributed by atoms with Crippen LogP contribution in [-0.4, -0.2) is 14.5 Å². The molecule has 2 heterocycles. The molecule has 4 nitrogen and oxygen atoms in total. The number of thiocarbonyl (C=S) groups is 1. The predicted molar refractivity (Wildman–Crippen MR) is 87.4 cm³/mol. The lowest BCUT2D eigenvalue weighted by molar-refractivity contribution is 0.823. The van der Waals surface area contributed by atoms with Gasteiger partial charge in [-0.05, 0) is 29.8 Å². The SMILES string of the molecule is NC(=S)c1cc(Cn2ccc(=O)c3ccccc32)ccn1. The van der Waals surface area contributed by atoms with Crippen molar-refractivity contribution in [1.82, 2.24) is 9.55 Å². The minimum absolute atomic E-state index is 0.0282. The lowest BCUT2D eigenvalue weighted by Gasteiger charge is -2.11. The van der Waals surface area contributed by atoms with Crippen molar-refractivity contribution in [2.24, 2.45) is 5.73 Å². The first kappa shape index (κ1) is 13.5. The molecule has 0 unspecified atom stereocenters. The van der Waals surface area contributed by atoms with Gasteiger partial charge in [-0.3, -0.25) is 9.78 Å². The van der Waals surface area contributed by atoms with Crippen LogP contribution in [0.15, 0.2) is 59.7 Å². The van der Waals surface area contributed by atoms with E-state index in [1.165, 1.54) is 0 Å². The number of fused-ring (bicyclic) bond motifs is 1. The van der Waals surface area contributed by atoms with E-state index in [1.807, 2.05) is 41.0 Å². The molecule has 2 N–H and O–H groups in total. The normalized spacial score (nSPS) is 10.7. The quantitative estimate of drug-likeness (QED) is 0.752. The summed E-state index contributed by atoms with van der Waals surface area (Å²) >= 11 is 4.95. The van der Waals surface area contributed by atoms with Gasteiger partial charge in [0.25, 0.3) is 0 Å². The van der Waals surface area contributed by atoms with Gasteiger partial charge in [0.1, 0.15) is 4.99 Å². The molecule has 0 atom stereocenters. The zero-order valence-electron chi connectivity index (χ0n) is 11.2. The number of hydrogen-bond acceptors (Lipinski definition) is 3. The van der Waals surface area contributed by atoms with Crippen LogP contribution in [0.3, 0.4) is 0 Å². The van der Waals surface area contributed by atoms with Crippen molar-refractivity contribution in [3.8, 4) is 0 Å². The molecule has 21 heavy (non-hydrogen) atoms. The molecule has 3 aromatic rings. The van der Waals surface area contributed by atoms with Crippen LogP contribution in [0.4, 0.5) is 0 Å². The lowest BCUT2D eigenvalue weighted by atomic mass is 10.2. The highest BCUT2D eigenvalue weighted by molar-refractivity contribution is 7.80. The van der Waals surface area contributed by atoms with Gasteiger partial charge in [0.05, 0.1) is 11.2 Å². The maximum Gasteiger partial charge on any atom is 0.189 e. The Bertz CT molecular complexity index is 886. The summed E-state index contributed by atoms with van der Waals surface area (Å²) in [5.74, 6) is 0. The second kappa shape index (κ2) is 5.46. The van der Waals surface area contributed by atoms with E-state index in [9.17, 15) is 4.79 Å². The summed E-state index contributed by atoms with van der Waals surface area (Å²) in [7, 11) is 0. The molecule has 0 amide bonds. The molecule has 0 fully saturated rings. The smallest absolute Gasteiger partial charge is 0.189 e. The van der Waals surface area contributed by atoms with E-state index in [-0.39, 0.29) is 10.4 Å². The third-order valence-corrected chi connectivity index (χ3v) is 3.52. The molecule has 0 saturated carbocycles. The molecule has 0 radical (unpaired) electrons. The first-order valence-corrected chi connectivity index (χ1v) is 6.89. The van der Waals surface area contributed by atoms with Crippen LogP contribution in [0, 0.1) is 0 Å². The van der Waals surface area contributed by atoms with E-state index in [1.54, 1.807) is 18.5 Å². The second-order valence-corrected chi connectivity index (χ2v) is 5.18. The number of hydrogen-bond donors (Lipinski definition) is 1. The van der Waals surface area contributed by atoms with Gasteiger partial charge in [-0.15, -0.1) is 0 Å². The zero-order chi connectivity index (χ0) is 14.8. The van der Waals surface area contributed by atoms with Gasteiger partial charge in [-0.1, -0.05) is 24.4 Å². The van der Waals surface area contributed by atoms with Crippen LogP contribution >= 0.6 is 12.2 Å². The number of aromatic nitrogens is 2. The summed E-state index contributed by atoms with van der Waals surface area (Å²) in [5.41, 5.74) is 8.17. The fourth-order valence-corrected chi connectivity index (χ4v) is 2.41. The molecule has 0 aliphatic heterocycles. The summed E-state index contributed by atoms with van der Waals surface area (Å²) in [6.07, 6.45) is 3.49. The zero-order valence-corrected chi connectivity index (χ0v) is 12.0. The van der Waals surface area contributed by atoms with Gasteiger partial charge in [-0.25, -0.2) is 0 Å². The second-order valence-electron chi connectivity index (χ2n) is 4.74. The summed E-state index contributed by atoms with van der Waals surface area (Å²) in [6.45, 7) is 0.624. The van der Waals surface area contributed by atoms with Gasteiger partial charge in [0, 0.05) is 30.4 Å². The van der Waals surface area contributed by atoms with Crippen LogP contribution in [0.25, 0.3) is 10.9 Å². The molecular formula is C16H13N3OS. The molecule has 0 bridgehead atoms. The maximum atomic E-state index is 11.9. The molecule has 2 aromatic heterocycles. The Kier molecular flexibility index (Phi) is 3.50. The Balaban J connectivity index is 2.06. The van der Waals surface area contributed by atoms with E-state index in [0.29, 0.717) is 17.6 Å². The minimum atomic E-state index is 0.0282. The van der Waals surface area contributed by atoms with Crippen molar-refractivity contribution in [1.29, 1.82) is 0 Å². The van der Waals surface area contributed by atoms with Crippen molar-refractivity contribution in [2.75, 3.05) is 0 Å². The molecule has 0 saturated heterocycles. The number of para-hydroxylation sites is 1. The fourth-order valence-electron chi connectivity index (χ4n) is 2.30. The Morgan fingerprint density at radius 1 is 1.24 bits per heavy atom. The van der Waals surface area contributed by atoms with Crippen LogP contribution in [0.2, 0.25) is 0 Å². The highest BCUT2D eigenvalue weighted by Crippen LogP contribution is 2.12. The third kappa shape index (κ3) is 2.68. The van der Waals surface area contributed by atoms with Crippen molar-refractivity contribution in [3.05, 3.63) is 76.3 Å². The number of pyridine rings is 2. The average molecular weight is 295 g/mol. The third-order valence-electron chi connectivity index (χ3n) is 3.31. The molecule has 0 aliphatic rings. The van der Waals surface area contributed by atoms with Gasteiger partial charge < -0.3 is 10.3 Å². The summed E-state index contributed by atoms with van der Waals surface area (Å²) in [4.78, 5) is 16.3. The average Bonchev–Trinajstić information content (AvgIpc) is 2.51. The van der Waals surface area contributed by atoms with Crippen LogP contribution in [0.5, 0.6) is 0 Å². The number of nitrogens with zero attached hydrogens (tertiary/aromatic N) is 2. The van der Waals surface area contributed by atoms with E-state index in [4.69, 9.17) is 18.0 Å². The predicted octanol–water partition coefficient (Wildman–Crippen LogP) is 2.08. The van der Waals surface area contributed by atoms with Crippen molar-refractivity contribution in [3.63, 3.8) is 0 Å². The molecule has 3 rings (SSSR count). The fraction of sp³-hybridized carbons (Fsp3) is 0.0625. The molecular weight excluding hydrogens is 282 g/mol. The van der Waals surface area contributed by atoms with Crippen molar-refractivity contribution in [2.45, 2.75) is 6.54 Å². The van der Waals surface area contributed by atoms with E-state index in [2.05, 4.69) is 4.98 Å². The van der Waals surface area contributed by atoms with Crippen LogP contribution in [0.1, 0.15) is 11.3 Å². The van der Waals surface area contributed by atoms with Gasteiger partial charge >= 0.3 is 0 Å². The van der Waals surface area contributed by atoms with E-state index >= 15 is 0 Å². The number of benzene rings is 1. The Morgan fingerprint density at radius 2 is 2.05 bits per heavy atom. The summed E-state index contributed by atoms with van der Waals surface area (Å²) in [5, 5.41) is 0.712. The van der Waals surface area contributed by atoms with Gasteiger partial charge in [-0.2, -0.15) is 0 Å². The van der Waals surface area contributed by atoms with E-state index in [0.717, 1.165) is 11.1 Å². The molecule has 0 spiro atoms. The van der Waals surface area contributed by atoms with Crippen LogP contribution < -0.4 is 11.2 Å². The molecule has 1 aromatic carbocycles. The Morgan fingerprint density at radius 3 is 2.86 bits per heavy atom. The highest BCUT2D eigenvalue weighted by atomic mass is 32.1. The molecule has 104 valence electrons. The van der Waals surface area contributed by atoms with Gasteiger partial charge in [0.15, 0.2) is 5.43 Å². The molecule has 5 heteroatoms. The number of rotatable bonds is 3. The largest absolute Gasteiger partial charge is 0.388 e. The Labute approximate surface area is 126 Å². The van der Waals surface area contributed by atoms with Crippen molar-refractivity contribution < 1.29 is 0 Å². The van der Waals surface area contributed by atoms with Crippen LogP contribution in [-0.2, 0) is 6.54 Å². The standard InChI is InChI=1S/C16H13N3OS/c17-16(21)13-9-11(5-7-18-13)10-19-8-6-15(20)12-3-1-2-4-14(12)19/h1-9H,10H2,(H2,17,21). The topological polar surface area (TPSA) is 60.9 Å². The van der Waals surface area contributed by atoms with Gasteiger partial charge in [0.2, 0.25) is 0 Å². The monoisotopic (exact) mass is 295 g/mol. The first-order chi connectivity index (χ1) is 10.1. The summed E-state index contributed by atoms with van der Waals surface area (Å²) in [6, 6.07) is 12.9.